The summed E-state index contributed by atoms with van der Waals surface area (Å²) in [6.07, 6.45) is 4.11. The highest BCUT2D eigenvalue weighted by atomic mass is 16.5. The average molecular weight is 314 g/mol. The molecule has 2 aromatic rings. The van der Waals surface area contributed by atoms with Crippen molar-refractivity contribution in [3.8, 4) is 5.75 Å². The van der Waals surface area contributed by atoms with Crippen LogP contribution in [0.25, 0.3) is 0 Å². The summed E-state index contributed by atoms with van der Waals surface area (Å²) in [5.74, 6) is 1.70. The predicted molar refractivity (Wildman–Crippen MR) is 94.8 cm³/mol. The predicted octanol–water partition coefficient (Wildman–Crippen LogP) is 2.60. The van der Waals surface area contributed by atoms with Crippen LogP contribution in [0, 0.1) is 6.92 Å². The van der Waals surface area contributed by atoms with Gasteiger partial charge in [0.2, 0.25) is 0 Å². The number of rotatable bonds is 6. The van der Waals surface area contributed by atoms with Gasteiger partial charge in [-0.15, -0.1) is 0 Å². The molecule has 2 N–H and O–H groups in total. The van der Waals surface area contributed by atoms with E-state index in [1.54, 1.807) is 7.11 Å². The standard InChI is InChI=1S/C18H26N4O/c1-5-19-18(20-11-15-8-9-22(3)13-15)21-12-16-7-6-14(2)10-17(16)23-4/h6-10,13H,5,11-12H2,1-4H3,(H2,19,20,21). The van der Waals surface area contributed by atoms with Gasteiger partial charge in [-0.3, -0.25) is 0 Å². The van der Waals surface area contributed by atoms with E-state index in [0.717, 1.165) is 23.8 Å². The first kappa shape index (κ1) is 16.9. The molecule has 0 aliphatic rings. The van der Waals surface area contributed by atoms with Crippen LogP contribution in [0.1, 0.15) is 23.6 Å². The minimum absolute atomic E-state index is 0.654. The van der Waals surface area contributed by atoms with E-state index in [4.69, 9.17) is 4.74 Å². The highest BCUT2D eigenvalue weighted by Crippen LogP contribution is 2.19. The Morgan fingerprint density at radius 3 is 2.74 bits per heavy atom. The number of hydrogen-bond acceptors (Lipinski definition) is 2. The normalized spacial score (nSPS) is 11.4. The topological polar surface area (TPSA) is 50.6 Å². The van der Waals surface area contributed by atoms with Crippen LogP contribution in [0.2, 0.25) is 0 Å². The van der Waals surface area contributed by atoms with E-state index in [2.05, 4.69) is 53.9 Å². The number of ether oxygens (including phenoxy) is 1. The lowest BCUT2D eigenvalue weighted by Gasteiger charge is -2.14. The van der Waals surface area contributed by atoms with Gasteiger partial charge in [0.15, 0.2) is 5.96 Å². The summed E-state index contributed by atoms with van der Waals surface area (Å²) in [5, 5.41) is 6.63. The molecule has 0 spiro atoms. The highest BCUT2D eigenvalue weighted by Gasteiger charge is 2.05. The Morgan fingerprint density at radius 2 is 2.09 bits per heavy atom. The molecule has 0 fully saturated rings. The smallest absolute Gasteiger partial charge is 0.191 e. The zero-order valence-corrected chi connectivity index (χ0v) is 14.4. The summed E-state index contributed by atoms with van der Waals surface area (Å²) in [4.78, 5) is 4.63. The summed E-state index contributed by atoms with van der Waals surface area (Å²) < 4.78 is 7.48. The van der Waals surface area contributed by atoms with E-state index >= 15 is 0 Å². The van der Waals surface area contributed by atoms with Crippen LogP contribution in [-0.2, 0) is 20.1 Å². The Balaban J connectivity index is 2.01. The summed E-state index contributed by atoms with van der Waals surface area (Å²) in [6, 6.07) is 8.30. The number of benzene rings is 1. The van der Waals surface area contributed by atoms with Crippen LogP contribution in [0.4, 0.5) is 0 Å². The number of nitrogens with one attached hydrogen (secondary N) is 2. The fraction of sp³-hybridized carbons (Fsp3) is 0.389. The highest BCUT2D eigenvalue weighted by molar-refractivity contribution is 5.79. The number of aromatic nitrogens is 1. The molecule has 0 saturated carbocycles. The third-order valence-corrected chi connectivity index (χ3v) is 3.55. The van der Waals surface area contributed by atoms with Crippen LogP contribution in [0.5, 0.6) is 5.75 Å². The molecule has 0 radical (unpaired) electrons. The number of aliphatic imine (C=N–C) groups is 1. The maximum Gasteiger partial charge on any atom is 0.191 e. The zero-order chi connectivity index (χ0) is 16.7. The first-order valence-corrected chi connectivity index (χ1v) is 7.89. The molecule has 0 amide bonds. The van der Waals surface area contributed by atoms with Crippen LogP contribution in [0.3, 0.4) is 0 Å². The average Bonchev–Trinajstić information content (AvgIpc) is 2.96. The van der Waals surface area contributed by atoms with Crippen LogP contribution >= 0.6 is 0 Å². The minimum Gasteiger partial charge on any atom is -0.496 e. The molecule has 1 aromatic heterocycles. The monoisotopic (exact) mass is 314 g/mol. The van der Waals surface area contributed by atoms with E-state index in [0.29, 0.717) is 13.1 Å². The SMILES string of the molecule is CCNC(=NCc1ccn(C)c1)NCc1ccc(C)cc1OC. The van der Waals surface area contributed by atoms with Gasteiger partial charge in [0.25, 0.3) is 0 Å². The molecule has 0 aliphatic carbocycles. The maximum atomic E-state index is 5.45. The minimum atomic E-state index is 0.654. The summed E-state index contributed by atoms with van der Waals surface area (Å²) in [7, 11) is 3.72. The first-order valence-electron chi connectivity index (χ1n) is 7.89. The number of methoxy groups -OCH3 is 1. The van der Waals surface area contributed by atoms with Crippen molar-refractivity contribution < 1.29 is 4.74 Å². The third kappa shape index (κ3) is 5.06. The summed E-state index contributed by atoms with van der Waals surface area (Å²) in [6.45, 7) is 6.27. The van der Waals surface area contributed by atoms with Crippen molar-refractivity contribution >= 4 is 5.96 Å². The number of hydrogen-bond donors (Lipinski definition) is 2. The van der Waals surface area contributed by atoms with Gasteiger partial charge in [-0.05, 0) is 37.1 Å². The molecular weight excluding hydrogens is 288 g/mol. The molecule has 2 rings (SSSR count). The van der Waals surface area contributed by atoms with Gasteiger partial charge in [-0.2, -0.15) is 0 Å². The second kappa shape index (κ2) is 8.27. The largest absolute Gasteiger partial charge is 0.496 e. The molecule has 0 aliphatic heterocycles. The van der Waals surface area contributed by atoms with Crippen molar-refractivity contribution in [1.82, 2.24) is 15.2 Å². The van der Waals surface area contributed by atoms with Gasteiger partial charge in [0, 0.05) is 38.1 Å². The van der Waals surface area contributed by atoms with Crippen molar-refractivity contribution in [3.05, 3.63) is 53.3 Å². The lowest BCUT2D eigenvalue weighted by molar-refractivity contribution is 0.408. The molecule has 1 heterocycles. The van der Waals surface area contributed by atoms with E-state index in [-0.39, 0.29) is 0 Å². The van der Waals surface area contributed by atoms with Crippen molar-refractivity contribution in [2.24, 2.45) is 12.0 Å². The van der Waals surface area contributed by atoms with Gasteiger partial charge in [-0.1, -0.05) is 12.1 Å². The Morgan fingerprint density at radius 1 is 1.26 bits per heavy atom. The molecule has 1 aromatic carbocycles. The van der Waals surface area contributed by atoms with Crippen molar-refractivity contribution in [2.75, 3.05) is 13.7 Å². The molecule has 5 heteroatoms. The van der Waals surface area contributed by atoms with E-state index < -0.39 is 0 Å². The van der Waals surface area contributed by atoms with E-state index in [1.807, 2.05) is 23.9 Å². The Hall–Kier alpha value is -2.43. The van der Waals surface area contributed by atoms with Crippen LogP contribution < -0.4 is 15.4 Å². The Kier molecular flexibility index (Phi) is 6.09. The Labute approximate surface area is 138 Å². The summed E-state index contributed by atoms with van der Waals surface area (Å²) >= 11 is 0. The van der Waals surface area contributed by atoms with Crippen molar-refractivity contribution in [2.45, 2.75) is 26.9 Å². The maximum absolute atomic E-state index is 5.45. The molecule has 0 saturated heterocycles. The molecule has 0 atom stereocenters. The van der Waals surface area contributed by atoms with Gasteiger partial charge in [0.05, 0.1) is 13.7 Å². The van der Waals surface area contributed by atoms with Crippen molar-refractivity contribution in [1.29, 1.82) is 0 Å². The van der Waals surface area contributed by atoms with Gasteiger partial charge < -0.3 is 19.9 Å². The van der Waals surface area contributed by atoms with Crippen LogP contribution in [-0.4, -0.2) is 24.2 Å². The van der Waals surface area contributed by atoms with Gasteiger partial charge in [-0.25, -0.2) is 4.99 Å². The lowest BCUT2D eigenvalue weighted by atomic mass is 10.1. The van der Waals surface area contributed by atoms with Crippen molar-refractivity contribution in [3.63, 3.8) is 0 Å². The fourth-order valence-corrected chi connectivity index (χ4v) is 2.34. The summed E-state index contributed by atoms with van der Waals surface area (Å²) in [5.41, 5.74) is 3.50. The Bertz CT molecular complexity index is 661. The molecule has 0 bridgehead atoms. The molecule has 0 unspecified atom stereocenters. The van der Waals surface area contributed by atoms with E-state index in [1.165, 1.54) is 11.1 Å². The zero-order valence-electron chi connectivity index (χ0n) is 14.4. The lowest BCUT2D eigenvalue weighted by Crippen LogP contribution is -2.36. The molecule has 124 valence electrons. The van der Waals surface area contributed by atoms with Gasteiger partial charge >= 0.3 is 0 Å². The second-order valence-electron chi connectivity index (χ2n) is 5.55. The molecular formula is C18H26N4O. The first-order chi connectivity index (χ1) is 11.1. The quantitative estimate of drug-likeness (QED) is 0.636. The molecule has 5 nitrogen and oxygen atoms in total. The van der Waals surface area contributed by atoms with Crippen LogP contribution in [0.15, 0.2) is 41.7 Å². The number of guanidine groups is 1. The number of nitrogens with zero attached hydrogens (tertiary/aromatic N) is 2. The number of aryl methyl sites for hydroxylation is 2. The van der Waals surface area contributed by atoms with Gasteiger partial charge in [0.1, 0.15) is 5.75 Å². The fourth-order valence-electron chi connectivity index (χ4n) is 2.34. The van der Waals surface area contributed by atoms with E-state index in [9.17, 15) is 0 Å². The molecule has 23 heavy (non-hydrogen) atoms. The third-order valence-electron chi connectivity index (χ3n) is 3.55. The second-order valence-corrected chi connectivity index (χ2v) is 5.55.